The second-order valence-corrected chi connectivity index (χ2v) is 5.96. The van der Waals surface area contributed by atoms with Crippen LogP contribution in [0.4, 0.5) is 0 Å². The van der Waals surface area contributed by atoms with Gasteiger partial charge in [-0.25, -0.2) is 19.6 Å². The van der Waals surface area contributed by atoms with Gasteiger partial charge in [-0.15, -0.1) is 0 Å². The van der Waals surface area contributed by atoms with Gasteiger partial charge in [-0.2, -0.15) is 0 Å². The lowest BCUT2D eigenvalue weighted by Crippen LogP contribution is -2.04. The van der Waals surface area contributed by atoms with Crippen molar-refractivity contribution < 1.29 is 9.59 Å². The van der Waals surface area contributed by atoms with Crippen LogP contribution in [0, 0.1) is 0 Å². The van der Waals surface area contributed by atoms with Gasteiger partial charge in [0.25, 0.3) is 0 Å². The third-order valence-electron chi connectivity index (χ3n) is 4.00. The highest BCUT2D eigenvalue weighted by molar-refractivity contribution is 5.33. The fraction of sp³-hybridized carbons (Fsp3) is 0.889. The van der Waals surface area contributed by atoms with Crippen molar-refractivity contribution in [3.63, 3.8) is 0 Å². The van der Waals surface area contributed by atoms with Crippen LogP contribution in [0.25, 0.3) is 0 Å². The second kappa shape index (κ2) is 17.8. The van der Waals surface area contributed by atoms with Crippen LogP contribution >= 0.6 is 0 Å². The Hall–Kier alpha value is -1.24. The Morgan fingerprint density at radius 2 is 1.27 bits per heavy atom. The first-order valence-electron chi connectivity index (χ1n) is 8.95. The van der Waals surface area contributed by atoms with Crippen molar-refractivity contribution in [3.8, 4) is 0 Å². The van der Waals surface area contributed by atoms with Gasteiger partial charge >= 0.3 is 0 Å². The summed E-state index contributed by atoms with van der Waals surface area (Å²) in [5.74, 6) is 0. The summed E-state index contributed by atoms with van der Waals surface area (Å²) in [6.45, 7) is 2.80. The lowest BCUT2D eigenvalue weighted by atomic mass is 10.0. The lowest BCUT2D eigenvalue weighted by Gasteiger charge is -2.10. The Kier molecular flexibility index (Phi) is 16.8. The molecular weight excluding hydrogens is 276 g/mol. The van der Waals surface area contributed by atoms with Gasteiger partial charge in [-0.1, -0.05) is 71.1 Å². The largest absolute Gasteiger partial charge is 0.235 e. The maximum absolute atomic E-state index is 10.5. The Balaban J connectivity index is 3.55. The van der Waals surface area contributed by atoms with Gasteiger partial charge in [0.15, 0.2) is 0 Å². The maximum atomic E-state index is 10.5. The van der Waals surface area contributed by atoms with E-state index in [-0.39, 0.29) is 6.04 Å². The summed E-state index contributed by atoms with van der Waals surface area (Å²) < 4.78 is 0. The molecule has 0 radical (unpaired) electrons. The van der Waals surface area contributed by atoms with Crippen LogP contribution in [0.15, 0.2) is 9.98 Å². The molecule has 0 rings (SSSR count). The topological polar surface area (TPSA) is 58.9 Å². The Morgan fingerprint density at radius 3 is 1.82 bits per heavy atom. The molecule has 4 nitrogen and oxygen atoms in total. The van der Waals surface area contributed by atoms with E-state index in [1.807, 2.05) is 0 Å². The molecule has 0 aliphatic rings. The molecule has 1 unspecified atom stereocenters. The monoisotopic (exact) mass is 308 g/mol. The zero-order valence-corrected chi connectivity index (χ0v) is 14.2. The molecule has 0 N–H and O–H groups in total. The Bertz CT molecular complexity index is 332. The van der Waals surface area contributed by atoms with E-state index in [9.17, 15) is 9.59 Å². The van der Waals surface area contributed by atoms with Crippen LogP contribution in [0.2, 0.25) is 0 Å². The third kappa shape index (κ3) is 15.2. The molecule has 4 heteroatoms. The van der Waals surface area contributed by atoms with E-state index in [1.165, 1.54) is 44.9 Å². The number of hydrogen-bond donors (Lipinski definition) is 0. The fourth-order valence-corrected chi connectivity index (χ4v) is 2.66. The molecule has 0 fully saturated rings. The minimum Gasteiger partial charge on any atom is -0.211 e. The standard InChI is InChI=1S/C18H32N2O2/c1-2-3-4-5-6-7-8-10-13-18(20-17-22)14-11-9-12-15-19-16-21/h18H,2-15H2,1H3. The first-order valence-corrected chi connectivity index (χ1v) is 8.95. The Labute approximate surface area is 135 Å². The van der Waals surface area contributed by atoms with E-state index in [0.717, 1.165) is 38.5 Å². The molecule has 0 aromatic carbocycles. The van der Waals surface area contributed by atoms with Crippen molar-refractivity contribution >= 4 is 12.2 Å². The van der Waals surface area contributed by atoms with Gasteiger partial charge in [0.2, 0.25) is 12.2 Å². The first kappa shape index (κ1) is 20.8. The fourth-order valence-electron chi connectivity index (χ4n) is 2.66. The zero-order valence-electron chi connectivity index (χ0n) is 14.2. The summed E-state index contributed by atoms with van der Waals surface area (Å²) in [7, 11) is 0. The number of unbranched alkanes of at least 4 members (excludes halogenated alkanes) is 9. The zero-order chi connectivity index (χ0) is 16.3. The normalized spacial score (nSPS) is 11.5. The molecule has 0 aliphatic carbocycles. The third-order valence-corrected chi connectivity index (χ3v) is 4.00. The highest BCUT2D eigenvalue weighted by atomic mass is 16.1. The molecule has 0 bridgehead atoms. The molecular formula is C18H32N2O2. The number of aliphatic imine (C=N–C) groups is 2. The molecule has 0 amide bonds. The SMILES string of the molecule is CCCCCCCCCCC(CCCCCN=C=O)N=C=O. The van der Waals surface area contributed by atoms with Gasteiger partial charge in [0.05, 0.1) is 12.6 Å². The van der Waals surface area contributed by atoms with Crippen LogP contribution in [0.1, 0.15) is 90.4 Å². The lowest BCUT2D eigenvalue weighted by molar-refractivity contribution is 0.482. The van der Waals surface area contributed by atoms with Crippen LogP contribution < -0.4 is 0 Å². The van der Waals surface area contributed by atoms with Gasteiger partial charge in [-0.05, 0) is 19.3 Å². The van der Waals surface area contributed by atoms with Crippen LogP contribution in [-0.2, 0) is 9.59 Å². The highest BCUT2D eigenvalue weighted by Gasteiger charge is 2.06. The average molecular weight is 308 g/mol. The van der Waals surface area contributed by atoms with E-state index in [2.05, 4.69) is 16.9 Å². The summed E-state index contributed by atoms with van der Waals surface area (Å²) >= 11 is 0. The summed E-state index contributed by atoms with van der Waals surface area (Å²) in [4.78, 5) is 27.9. The van der Waals surface area contributed by atoms with Crippen molar-refractivity contribution in [2.45, 2.75) is 96.4 Å². The van der Waals surface area contributed by atoms with Crippen molar-refractivity contribution in [2.75, 3.05) is 6.54 Å². The molecule has 22 heavy (non-hydrogen) atoms. The molecule has 0 aliphatic heterocycles. The quantitative estimate of drug-likeness (QED) is 0.226. The number of carbonyl (C=O) groups excluding carboxylic acids is 2. The summed E-state index contributed by atoms with van der Waals surface area (Å²) in [5.41, 5.74) is 0. The van der Waals surface area contributed by atoms with E-state index < -0.39 is 0 Å². The highest BCUT2D eigenvalue weighted by Crippen LogP contribution is 2.15. The minimum absolute atomic E-state index is 0.132. The van der Waals surface area contributed by atoms with Crippen LogP contribution in [-0.4, -0.2) is 24.7 Å². The predicted octanol–water partition coefficient (Wildman–Crippen LogP) is 5.12. The van der Waals surface area contributed by atoms with Crippen molar-refractivity contribution in [2.24, 2.45) is 9.98 Å². The Morgan fingerprint density at radius 1 is 0.727 bits per heavy atom. The van der Waals surface area contributed by atoms with E-state index >= 15 is 0 Å². The van der Waals surface area contributed by atoms with Crippen molar-refractivity contribution in [1.82, 2.24) is 0 Å². The molecule has 0 saturated carbocycles. The molecule has 126 valence electrons. The predicted molar refractivity (Wildman–Crippen MR) is 90.6 cm³/mol. The van der Waals surface area contributed by atoms with Gasteiger partial charge in [0.1, 0.15) is 0 Å². The van der Waals surface area contributed by atoms with Crippen molar-refractivity contribution in [3.05, 3.63) is 0 Å². The molecule has 0 aromatic rings. The smallest absolute Gasteiger partial charge is 0.211 e. The van der Waals surface area contributed by atoms with Crippen molar-refractivity contribution in [1.29, 1.82) is 0 Å². The minimum atomic E-state index is 0.132. The summed E-state index contributed by atoms with van der Waals surface area (Å²) in [6.07, 6.45) is 18.5. The second-order valence-electron chi connectivity index (χ2n) is 5.96. The van der Waals surface area contributed by atoms with E-state index in [4.69, 9.17) is 0 Å². The van der Waals surface area contributed by atoms with Gasteiger partial charge in [-0.3, -0.25) is 0 Å². The molecule has 0 saturated heterocycles. The van der Waals surface area contributed by atoms with Crippen LogP contribution in [0.5, 0.6) is 0 Å². The summed E-state index contributed by atoms with van der Waals surface area (Å²) in [6, 6.07) is 0.132. The first-order chi connectivity index (χ1) is 10.8. The summed E-state index contributed by atoms with van der Waals surface area (Å²) in [5, 5.41) is 0. The maximum Gasteiger partial charge on any atom is 0.235 e. The molecule has 0 aromatic heterocycles. The molecule has 1 atom stereocenters. The number of nitrogens with zero attached hydrogens (tertiary/aromatic N) is 2. The number of isocyanates is 2. The van der Waals surface area contributed by atoms with E-state index in [0.29, 0.717) is 6.54 Å². The molecule has 0 spiro atoms. The number of rotatable bonds is 16. The number of hydrogen-bond acceptors (Lipinski definition) is 4. The van der Waals surface area contributed by atoms with E-state index in [1.54, 1.807) is 12.2 Å². The average Bonchev–Trinajstić information content (AvgIpc) is 2.53. The molecule has 0 heterocycles. The van der Waals surface area contributed by atoms with Crippen LogP contribution in [0.3, 0.4) is 0 Å². The van der Waals surface area contributed by atoms with Gasteiger partial charge in [0, 0.05) is 0 Å². The van der Waals surface area contributed by atoms with Gasteiger partial charge < -0.3 is 0 Å².